The summed E-state index contributed by atoms with van der Waals surface area (Å²) in [6.45, 7) is 1.03. The van der Waals surface area contributed by atoms with E-state index in [-0.39, 0.29) is 5.78 Å². The summed E-state index contributed by atoms with van der Waals surface area (Å²) in [5.41, 5.74) is 6.83. The standard InChI is InChI=1S/C13H13NO2/c14-7-2-1-3-10-4-5-13-11(9-10)12(15)6-8-16-13/h4-5,9H,2,6-8,14H2. The van der Waals surface area contributed by atoms with Gasteiger partial charge in [-0.15, -0.1) is 0 Å². The lowest BCUT2D eigenvalue weighted by atomic mass is 10.0. The first-order valence-electron chi connectivity index (χ1n) is 5.30. The molecule has 3 heteroatoms. The monoisotopic (exact) mass is 215 g/mol. The van der Waals surface area contributed by atoms with Gasteiger partial charge >= 0.3 is 0 Å². The smallest absolute Gasteiger partial charge is 0.170 e. The molecule has 1 aliphatic heterocycles. The maximum atomic E-state index is 11.6. The Morgan fingerprint density at radius 2 is 2.31 bits per heavy atom. The SMILES string of the molecule is NCCC#Cc1ccc2c(c1)C(=O)CCO2. The van der Waals surface area contributed by atoms with Crippen molar-refractivity contribution in [3.8, 4) is 17.6 Å². The first-order chi connectivity index (χ1) is 7.81. The third-order valence-electron chi connectivity index (χ3n) is 2.37. The molecular formula is C13H13NO2. The highest BCUT2D eigenvalue weighted by molar-refractivity contribution is 5.99. The molecule has 2 N–H and O–H groups in total. The number of nitrogens with two attached hydrogens (primary N) is 1. The van der Waals surface area contributed by atoms with Gasteiger partial charge in [0, 0.05) is 24.9 Å². The average molecular weight is 215 g/mol. The predicted octanol–water partition coefficient (Wildman–Crippen LogP) is 1.35. The number of hydrogen-bond donors (Lipinski definition) is 1. The summed E-state index contributed by atoms with van der Waals surface area (Å²) < 4.78 is 5.39. The fourth-order valence-electron chi connectivity index (χ4n) is 1.58. The minimum absolute atomic E-state index is 0.128. The molecule has 0 fully saturated rings. The van der Waals surface area contributed by atoms with E-state index in [0.717, 1.165) is 5.56 Å². The molecule has 0 spiro atoms. The highest BCUT2D eigenvalue weighted by atomic mass is 16.5. The number of ketones is 1. The van der Waals surface area contributed by atoms with Crippen LogP contribution in [-0.4, -0.2) is 18.9 Å². The van der Waals surface area contributed by atoms with Crippen molar-refractivity contribution in [3.63, 3.8) is 0 Å². The van der Waals surface area contributed by atoms with E-state index >= 15 is 0 Å². The summed E-state index contributed by atoms with van der Waals surface area (Å²) in [5, 5.41) is 0. The number of benzene rings is 1. The summed E-state index contributed by atoms with van der Waals surface area (Å²) in [7, 11) is 0. The second kappa shape index (κ2) is 4.82. The molecule has 0 bridgehead atoms. The summed E-state index contributed by atoms with van der Waals surface area (Å²) >= 11 is 0. The van der Waals surface area contributed by atoms with E-state index in [9.17, 15) is 4.79 Å². The Labute approximate surface area is 94.6 Å². The molecule has 0 aliphatic carbocycles. The molecule has 0 unspecified atom stereocenters. The molecular weight excluding hydrogens is 202 g/mol. The third-order valence-corrected chi connectivity index (χ3v) is 2.37. The lowest BCUT2D eigenvalue weighted by Crippen LogP contribution is -2.15. The maximum Gasteiger partial charge on any atom is 0.170 e. The van der Waals surface area contributed by atoms with Crippen LogP contribution in [0.2, 0.25) is 0 Å². The van der Waals surface area contributed by atoms with Gasteiger partial charge < -0.3 is 10.5 Å². The van der Waals surface area contributed by atoms with Gasteiger partial charge in [0.25, 0.3) is 0 Å². The van der Waals surface area contributed by atoms with E-state index in [2.05, 4.69) is 11.8 Å². The Bertz CT molecular complexity index is 469. The lowest BCUT2D eigenvalue weighted by Gasteiger charge is -2.15. The molecule has 82 valence electrons. The van der Waals surface area contributed by atoms with Crippen LogP contribution in [-0.2, 0) is 0 Å². The number of Topliss-reactive ketones (excluding diaryl/α,β-unsaturated/α-hetero) is 1. The van der Waals surface area contributed by atoms with Crippen molar-refractivity contribution in [2.24, 2.45) is 5.73 Å². The topological polar surface area (TPSA) is 52.3 Å². The normalized spacial score (nSPS) is 13.4. The first kappa shape index (κ1) is 10.7. The van der Waals surface area contributed by atoms with Crippen molar-refractivity contribution in [1.82, 2.24) is 0 Å². The summed E-state index contributed by atoms with van der Waals surface area (Å²) in [4.78, 5) is 11.6. The van der Waals surface area contributed by atoms with Gasteiger partial charge in [-0.05, 0) is 18.2 Å². The van der Waals surface area contributed by atoms with E-state index < -0.39 is 0 Å². The predicted molar refractivity (Wildman–Crippen MR) is 61.4 cm³/mol. The van der Waals surface area contributed by atoms with Crippen LogP contribution in [0.15, 0.2) is 18.2 Å². The second-order valence-corrected chi connectivity index (χ2v) is 3.57. The molecule has 0 amide bonds. The number of carbonyl (C=O) groups excluding carboxylic acids is 1. The van der Waals surface area contributed by atoms with Gasteiger partial charge in [-0.1, -0.05) is 11.8 Å². The molecule has 0 saturated heterocycles. The second-order valence-electron chi connectivity index (χ2n) is 3.57. The zero-order valence-electron chi connectivity index (χ0n) is 8.95. The third kappa shape index (κ3) is 2.23. The first-order valence-corrected chi connectivity index (χ1v) is 5.30. The van der Waals surface area contributed by atoms with E-state index in [0.29, 0.717) is 37.3 Å². The number of fused-ring (bicyclic) bond motifs is 1. The summed E-state index contributed by atoms with van der Waals surface area (Å²) in [6.07, 6.45) is 1.12. The molecule has 0 atom stereocenters. The lowest BCUT2D eigenvalue weighted by molar-refractivity contribution is 0.0933. The van der Waals surface area contributed by atoms with Gasteiger partial charge in [0.05, 0.1) is 12.2 Å². The summed E-state index contributed by atoms with van der Waals surface area (Å²) in [5.74, 6) is 6.72. The van der Waals surface area contributed by atoms with Gasteiger partial charge in [0.2, 0.25) is 0 Å². The van der Waals surface area contributed by atoms with Crippen molar-refractivity contribution in [3.05, 3.63) is 29.3 Å². The van der Waals surface area contributed by atoms with Crippen LogP contribution in [0.4, 0.5) is 0 Å². The van der Waals surface area contributed by atoms with Crippen LogP contribution >= 0.6 is 0 Å². The van der Waals surface area contributed by atoms with Crippen molar-refractivity contribution in [1.29, 1.82) is 0 Å². The minimum atomic E-state index is 0.128. The van der Waals surface area contributed by atoms with E-state index in [4.69, 9.17) is 10.5 Å². The van der Waals surface area contributed by atoms with Crippen LogP contribution in [0, 0.1) is 11.8 Å². The summed E-state index contributed by atoms with van der Waals surface area (Å²) in [6, 6.07) is 5.46. The molecule has 3 nitrogen and oxygen atoms in total. The van der Waals surface area contributed by atoms with Gasteiger partial charge in [0.15, 0.2) is 5.78 Å². The van der Waals surface area contributed by atoms with Crippen molar-refractivity contribution in [2.75, 3.05) is 13.2 Å². The van der Waals surface area contributed by atoms with Gasteiger partial charge in [-0.25, -0.2) is 0 Å². The molecule has 2 rings (SSSR count). The zero-order valence-corrected chi connectivity index (χ0v) is 8.95. The number of hydrogen-bond acceptors (Lipinski definition) is 3. The van der Waals surface area contributed by atoms with Gasteiger partial charge in [-0.3, -0.25) is 4.79 Å². The van der Waals surface area contributed by atoms with E-state index in [1.807, 2.05) is 6.07 Å². The van der Waals surface area contributed by atoms with Crippen LogP contribution < -0.4 is 10.5 Å². The van der Waals surface area contributed by atoms with Gasteiger partial charge in [0.1, 0.15) is 5.75 Å². The Hall–Kier alpha value is -1.79. The molecule has 1 aliphatic rings. The molecule has 0 saturated carbocycles. The average Bonchev–Trinajstić information content (AvgIpc) is 2.30. The van der Waals surface area contributed by atoms with Crippen LogP contribution in [0.3, 0.4) is 0 Å². The van der Waals surface area contributed by atoms with Crippen LogP contribution in [0.25, 0.3) is 0 Å². The maximum absolute atomic E-state index is 11.6. The molecule has 1 heterocycles. The molecule has 0 radical (unpaired) electrons. The Morgan fingerprint density at radius 1 is 1.44 bits per heavy atom. The Morgan fingerprint density at radius 3 is 3.12 bits per heavy atom. The fraction of sp³-hybridized carbons (Fsp3) is 0.308. The van der Waals surface area contributed by atoms with Crippen LogP contribution in [0.1, 0.15) is 28.8 Å². The Balaban J connectivity index is 2.28. The van der Waals surface area contributed by atoms with E-state index in [1.165, 1.54) is 0 Å². The Kier molecular flexibility index (Phi) is 3.23. The molecule has 16 heavy (non-hydrogen) atoms. The van der Waals surface area contributed by atoms with Crippen molar-refractivity contribution < 1.29 is 9.53 Å². The zero-order chi connectivity index (χ0) is 11.4. The molecule has 1 aromatic carbocycles. The minimum Gasteiger partial charge on any atom is -0.492 e. The number of rotatable bonds is 1. The largest absolute Gasteiger partial charge is 0.492 e. The highest BCUT2D eigenvalue weighted by Crippen LogP contribution is 2.25. The van der Waals surface area contributed by atoms with E-state index in [1.54, 1.807) is 12.1 Å². The van der Waals surface area contributed by atoms with Crippen molar-refractivity contribution in [2.45, 2.75) is 12.8 Å². The number of ether oxygens (including phenoxy) is 1. The molecule has 0 aromatic heterocycles. The quantitative estimate of drug-likeness (QED) is 0.719. The fourth-order valence-corrected chi connectivity index (χ4v) is 1.58. The van der Waals surface area contributed by atoms with Crippen molar-refractivity contribution >= 4 is 5.78 Å². The van der Waals surface area contributed by atoms with Gasteiger partial charge in [-0.2, -0.15) is 0 Å². The number of carbonyl (C=O) groups is 1. The van der Waals surface area contributed by atoms with Crippen LogP contribution in [0.5, 0.6) is 5.75 Å². The molecule has 1 aromatic rings. The highest BCUT2D eigenvalue weighted by Gasteiger charge is 2.17.